The first-order chi connectivity index (χ1) is 7.86. The van der Waals surface area contributed by atoms with Crippen molar-refractivity contribution < 1.29 is 27.4 Å². The van der Waals surface area contributed by atoms with E-state index in [4.69, 9.17) is 11.6 Å². The van der Waals surface area contributed by atoms with Crippen LogP contribution in [-0.2, 0) is 9.53 Å². The second-order valence-electron chi connectivity index (χ2n) is 2.91. The van der Waals surface area contributed by atoms with Gasteiger partial charge in [0.05, 0.1) is 11.6 Å². The van der Waals surface area contributed by atoms with Crippen LogP contribution in [0.1, 0.15) is 6.92 Å². The highest BCUT2D eigenvalue weighted by Gasteiger charge is 2.44. The SMILES string of the molecule is CCOC(=O)C(F)(F)Oc1ccc(F)cc1Cl. The van der Waals surface area contributed by atoms with E-state index in [1.165, 1.54) is 6.92 Å². The maximum absolute atomic E-state index is 13.1. The van der Waals surface area contributed by atoms with Gasteiger partial charge in [-0.3, -0.25) is 0 Å². The van der Waals surface area contributed by atoms with Crippen molar-refractivity contribution in [2.75, 3.05) is 6.61 Å². The molecule has 94 valence electrons. The third-order valence-corrected chi connectivity index (χ3v) is 1.94. The van der Waals surface area contributed by atoms with Crippen molar-refractivity contribution in [1.82, 2.24) is 0 Å². The minimum atomic E-state index is -4.17. The van der Waals surface area contributed by atoms with Crippen LogP contribution in [0.15, 0.2) is 18.2 Å². The standard InChI is InChI=1S/C10H8ClF3O3/c1-2-16-9(15)10(13,14)17-8-4-3-6(12)5-7(8)11/h3-5H,2H2,1H3. The second kappa shape index (κ2) is 5.27. The van der Waals surface area contributed by atoms with E-state index in [1.54, 1.807) is 0 Å². The van der Waals surface area contributed by atoms with Crippen molar-refractivity contribution in [3.05, 3.63) is 29.0 Å². The molecule has 0 saturated carbocycles. The zero-order valence-electron chi connectivity index (χ0n) is 8.68. The molecule has 0 amide bonds. The fraction of sp³-hybridized carbons (Fsp3) is 0.300. The van der Waals surface area contributed by atoms with E-state index < -0.39 is 23.6 Å². The first-order valence-corrected chi connectivity index (χ1v) is 4.93. The van der Waals surface area contributed by atoms with Crippen molar-refractivity contribution in [1.29, 1.82) is 0 Å². The Bertz CT molecular complexity index is 423. The van der Waals surface area contributed by atoms with Crippen LogP contribution in [0.2, 0.25) is 5.02 Å². The maximum atomic E-state index is 13.1. The molecular weight excluding hydrogens is 261 g/mol. The number of alkyl halides is 2. The number of halogens is 4. The number of hydrogen-bond acceptors (Lipinski definition) is 3. The number of esters is 1. The molecule has 0 aliphatic heterocycles. The smallest absolute Gasteiger partial charge is 0.459 e. The number of hydrogen-bond donors (Lipinski definition) is 0. The van der Waals surface area contributed by atoms with Crippen molar-refractivity contribution >= 4 is 17.6 Å². The van der Waals surface area contributed by atoms with E-state index in [9.17, 15) is 18.0 Å². The highest BCUT2D eigenvalue weighted by Crippen LogP contribution is 2.30. The van der Waals surface area contributed by atoms with E-state index in [1.807, 2.05) is 0 Å². The molecule has 3 nitrogen and oxygen atoms in total. The average molecular weight is 269 g/mol. The van der Waals surface area contributed by atoms with Gasteiger partial charge in [0.1, 0.15) is 11.6 Å². The van der Waals surface area contributed by atoms with Crippen molar-refractivity contribution in [3.63, 3.8) is 0 Å². The molecule has 17 heavy (non-hydrogen) atoms. The lowest BCUT2D eigenvalue weighted by molar-refractivity contribution is -0.216. The summed E-state index contributed by atoms with van der Waals surface area (Å²) in [5.74, 6) is -3.05. The predicted molar refractivity (Wildman–Crippen MR) is 53.6 cm³/mol. The molecule has 0 fully saturated rings. The van der Waals surface area contributed by atoms with Gasteiger partial charge < -0.3 is 9.47 Å². The van der Waals surface area contributed by atoms with Gasteiger partial charge in [-0.2, -0.15) is 8.78 Å². The highest BCUT2D eigenvalue weighted by molar-refractivity contribution is 6.32. The fourth-order valence-electron chi connectivity index (χ4n) is 0.953. The van der Waals surface area contributed by atoms with Crippen LogP contribution in [0.3, 0.4) is 0 Å². The van der Waals surface area contributed by atoms with Crippen LogP contribution in [0, 0.1) is 5.82 Å². The van der Waals surface area contributed by atoms with Crippen LogP contribution in [0.4, 0.5) is 13.2 Å². The largest absolute Gasteiger partial charge is 0.502 e. The van der Waals surface area contributed by atoms with E-state index in [-0.39, 0.29) is 11.6 Å². The van der Waals surface area contributed by atoms with Crippen LogP contribution in [-0.4, -0.2) is 18.7 Å². The van der Waals surface area contributed by atoms with Crippen LogP contribution >= 0.6 is 11.6 Å². The molecule has 1 aromatic rings. The molecule has 0 bridgehead atoms. The Kier molecular flexibility index (Phi) is 4.22. The number of rotatable bonds is 4. The van der Waals surface area contributed by atoms with E-state index >= 15 is 0 Å². The quantitative estimate of drug-likeness (QED) is 0.788. The summed E-state index contributed by atoms with van der Waals surface area (Å²) in [6.45, 7) is 1.16. The molecule has 0 radical (unpaired) electrons. The minimum Gasteiger partial charge on any atom is -0.459 e. The molecule has 1 aromatic carbocycles. The van der Waals surface area contributed by atoms with E-state index in [0.29, 0.717) is 0 Å². The van der Waals surface area contributed by atoms with Gasteiger partial charge in [0.25, 0.3) is 0 Å². The van der Waals surface area contributed by atoms with Crippen LogP contribution < -0.4 is 4.74 Å². The predicted octanol–water partition coefficient (Wildman–Crippen LogP) is 3.01. The Hall–Kier alpha value is -1.43. The molecule has 0 heterocycles. The topological polar surface area (TPSA) is 35.5 Å². The Morgan fingerprint density at radius 1 is 1.47 bits per heavy atom. The molecule has 0 aromatic heterocycles. The molecule has 0 N–H and O–H groups in total. The summed E-state index contributed by atoms with van der Waals surface area (Å²) in [4.78, 5) is 10.8. The van der Waals surface area contributed by atoms with Crippen molar-refractivity contribution in [3.8, 4) is 5.75 Å². The number of carbonyl (C=O) groups excluding carboxylic acids is 1. The van der Waals surface area contributed by atoms with Crippen molar-refractivity contribution in [2.45, 2.75) is 13.0 Å². The van der Waals surface area contributed by atoms with Crippen LogP contribution in [0.5, 0.6) is 5.75 Å². The fourth-order valence-corrected chi connectivity index (χ4v) is 1.16. The minimum absolute atomic E-state index is 0.213. The Morgan fingerprint density at radius 2 is 2.12 bits per heavy atom. The lowest BCUT2D eigenvalue weighted by atomic mass is 10.3. The van der Waals surface area contributed by atoms with Gasteiger partial charge in [-0.05, 0) is 25.1 Å². The average Bonchev–Trinajstić information content (AvgIpc) is 2.22. The third kappa shape index (κ3) is 3.52. The first-order valence-electron chi connectivity index (χ1n) is 4.56. The molecule has 0 saturated heterocycles. The van der Waals surface area contributed by atoms with Gasteiger partial charge in [0.2, 0.25) is 0 Å². The third-order valence-electron chi connectivity index (χ3n) is 1.65. The molecule has 0 spiro atoms. The van der Waals surface area contributed by atoms with Gasteiger partial charge in [-0.15, -0.1) is 0 Å². The summed E-state index contributed by atoms with van der Waals surface area (Å²) in [6, 6.07) is 2.56. The zero-order valence-corrected chi connectivity index (χ0v) is 9.43. The normalized spacial score (nSPS) is 11.1. The molecule has 0 aliphatic rings. The van der Waals surface area contributed by atoms with Gasteiger partial charge >= 0.3 is 12.1 Å². The van der Waals surface area contributed by atoms with E-state index in [0.717, 1.165) is 18.2 Å². The summed E-state index contributed by atoms with van der Waals surface area (Å²) in [6.07, 6.45) is -4.17. The first kappa shape index (κ1) is 13.6. The number of benzene rings is 1. The molecule has 7 heteroatoms. The Morgan fingerprint density at radius 3 is 2.65 bits per heavy atom. The summed E-state index contributed by atoms with van der Waals surface area (Å²) >= 11 is 5.47. The lowest BCUT2D eigenvalue weighted by Crippen LogP contribution is -2.37. The van der Waals surface area contributed by atoms with Gasteiger partial charge in [-0.1, -0.05) is 11.6 Å². The maximum Gasteiger partial charge on any atom is 0.502 e. The van der Waals surface area contributed by atoms with Crippen molar-refractivity contribution in [2.24, 2.45) is 0 Å². The summed E-state index contributed by atoms with van der Waals surface area (Å²) in [5.41, 5.74) is 0. The lowest BCUT2D eigenvalue weighted by Gasteiger charge is -2.16. The van der Waals surface area contributed by atoms with Gasteiger partial charge in [-0.25, -0.2) is 9.18 Å². The Balaban J connectivity index is 2.86. The zero-order chi connectivity index (χ0) is 13.1. The second-order valence-corrected chi connectivity index (χ2v) is 3.32. The molecule has 1 rings (SSSR count). The molecule has 0 aliphatic carbocycles. The number of carbonyl (C=O) groups is 1. The van der Waals surface area contributed by atoms with Gasteiger partial charge in [0, 0.05) is 0 Å². The van der Waals surface area contributed by atoms with Gasteiger partial charge in [0.15, 0.2) is 0 Å². The van der Waals surface area contributed by atoms with Crippen LogP contribution in [0.25, 0.3) is 0 Å². The summed E-state index contributed by atoms with van der Waals surface area (Å²) < 4.78 is 47.1. The number of ether oxygens (including phenoxy) is 2. The summed E-state index contributed by atoms with van der Waals surface area (Å²) in [7, 11) is 0. The molecule has 0 unspecified atom stereocenters. The highest BCUT2D eigenvalue weighted by atomic mass is 35.5. The molecule has 0 atom stereocenters. The Labute approximate surface area is 100 Å². The molecular formula is C10H8ClF3O3. The van der Waals surface area contributed by atoms with E-state index in [2.05, 4.69) is 9.47 Å². The summed E-state index contributed by atoms with van der Waals surface area (Å²) in [5, 5.41) is -0.367. The monoisotopic (exact) mass is 268 g/mol.